The van der Waals surface area contributed by atoms with Crippen LogP contribution in [0.3, 0.4) is 0 Å². The van der Waals surface area contributed by atoms with Gasteiger partial charge in [0.2, 0.25) is 5.91 Å². The number of nitrogens with zero attached hydrogens (tertiary/aromatic N) is 1. The molecule has 1 amide bonds. The van der Waals surface area contributed by atoms with E-state index in [0.717, 1.165) is 46.8 Å². The summed E-state index contributed by atoms with van der Waals surface area (Å²) in [5.74, 6) is 0.125. The highest BCUT2D eigenvalue weighted by Gasteiger charge is 2.34. The van der Waals surface area contributed by atoms with Crippen LogP contribution in [0.5, 0.6) is 0 Å². The number of carbonyl (C=O) groups is 1. The fourth-order valence-corrected chi connectivity index (χ4v) is 3.47. The van der Waals surface area contributed by atoms with Crippen LogP contribution in [0, 0.1) is 12.3 Å². The molecule has 0 aliphatic carbocycles. The predicted molar refractivity (Wildman–Crippen MR) is 83.2 cm³/mol. The lowest BCUT2D eigenvalue weighted by Crippen LogP contribution is -2.42. The molecule has 1 fully saturated rings. The average Bonchev–Trinajstić information content (AvgIpc) is 2.79. The zero-order chi connectivity index (χ0) is 14.2. The molecule has 1 aromatic carbocycles. The molecule has 4 nitrogen and oxygen atoms in total. The van der Waals surface area contributed by atoms with Crippen LogP contribution in [0.25, 0.3) is 10.2 Å². The second-order valence-corrected chi connectivity index (χ2v) is 6.91. The largest absolute Gasteiger partial charge is 0.326 e. The van der Waals surface area contributed by atoms with Crippen molar-refractivity contribution in [2.75, 3.05) is 18.4 Å². The molecule has 0 unspecified atom stereocenters. The monoisotopic (exact) mass is 289 g/mol. The Morgan fingerprint density at radius 2 is 2.15 bits per heavy atom. The van der Waals surface area contributed by atoms with E-state index < -0.39 is 0 Å². The first-order valence-corrected chi connectivity index (χ1v) is 7.78. The molecule has 1 saturated heterocycles. The SMILES string of the molecule is Cc1nc2ccc(NC(=O)C3(C)CCNCC3)cc2s1. The minimum atomic E-state index is -0.260. The number of nitrogens with one attached hydrogen (secondary N) is 2. The number of aromatic nitrogens is 1. The van der Waals surface area contributed by atoms with Gasteiger partial charge in [-0.05, 0) is 51.1 Å². The molecule has 2 N–H and O–H groups in total. The zero-order valence-electron chi connectivity index (χ0n) is 11.8. The van der Waals surface area contributed by atoms with Crippen LogP contribution in [0.2, 0.25) is 0 Å². The van der Waals surface area contributed by atoms with Crippen molar-refractivity contribution in [3.8, 4) is 0 Å². The molecule has 0 radical (unpaired) electrons. The lowest BCUT2D eigenvalue weighted by Gasteiger charge is -2.32. The summed E-state index contributed by atoms with van der Waals surface area (Å²) in [5, 5.41) is 7.41. The van der Waals surface area contributed by atoms with Crippen molar-refractivity contribution in [1.82, 2.24) is 10.3 Å². The molecular formula is C15H19N3OS. The Bertz CT molecular complexity index is 644. The van der Waals surface area contributed by atoms with Crippen LogP contribution in [-0.4, -0.2) is 24.0 Å². The van der Waals surface area contributed by atoms with E-state index in [0.29, 0.717) is 0 Å². The van der Waals surface area contributed by atoms with Gasteiger partial charge in [-0.25, -0.2) is 4.98 Å². The molecule has 1 aliphatic heterocycles. The van der Waals surface area contributed by atoms with Crippen LogP contribution in [0.1, 0.15) is 24.8 Å². The zero-order valence-corrected chi connectivity index (χ0v) is 12.6. The Hall–Kier alpha value is -1.46. The van der Waals surface area contributed by atoms with E-state index in [1.54, 1.807) is 11.3 Å². The number of carbonyl (C=O) groups excluding carboxylic acids is 1. The summed E-state index contributed by atoms with van der Waals surface area (Å²) in [6.45, 7) is 5.88. The first-order valence-electron chi connectivity index (χ1n) is 6.96. The fraction of sp³-hybridized carbons (Fsp3) is 0.467. The molecule has 1 aromatic heterocycles. The summed E-state index contributed by atoms with van der Waals surface area (Å²) in [6, 6.07) is 5.92. The summed E-state index contributed by atoms with van der Waals surface area (Å²) >= 11 is 1.66. The summed E-state index contributed by atoms with van der Waals surface area (Å²) in [7, 11) is 0. The van der Waals surface area contributed by atoms with Gasteiger partial charge in [-0.3, -0.25) is 4.79 Å². The van der Waals surface area contributed by atoms with Gasteiger partial charge in [0.25, 0.3) is 0 Å². The van der Waals surface area contributed by atoms with Crippen LogP contribution in [0.15, 0.2) is 18.2 Å². The molecule has 0 bridgehead atoms. The average molecular weight is 289 g/mol. The number of fused-ring (bicyclic) bond motifs is 1. The number of aryl methyl sites for hydroxylation is 1. The van der Waals surface area contributed by atoms with E-state index in [4.69, 9.17) is 0 Å². The normalized spacial score (nSPS) is 18.1. The van der Waals surface area contributed by atoms with Gasteiger partial charge in [0.1, 0.15) is 0 Å². The Labute approximate surface area is 122 Å². The second kappa shape index (κ2) is 5.14. The van der Waals surface area contributed by atoms with Crippen LogP contribution in [0.4, 0.5) is 5.69 Å². The number of amides is 1. The second-order valence-electron chi connectivity index (χ2n) is 5.68. The van der Waals surface area contributed by atoms with Gasteiger partial charge in [0, 0.05) is 11.1 Å². The standard InChI is InChI=1S/C15H19N3OS/c1-10-17-12-4-3-11(9-13(12)20-10)18-14(19)15(2)5-7-16-8-6-15/h3-4,9,16H,5-8H2,1-2H3,(H,18,19). The number of hydrogen-bond acceptors (Lipinski definition) is 4. The van der Waals surface area contributed by atoms with E-state index in [1.165, 1.54) is 0 Å². The summed E-state index contributed by atoms with van der Waals surface area (Å²) in [6.07, 6.45) is 1.78. The van der Waals surface area contributed by atoms with Crippen LogP contribution < -0.4 is 10.6 Å². The van der Waals surface area contributed by atoms with Gasteiger partial charge in [-0.1, -0.05) is 6.92 Å². The molecule has 106 valence electrons. The van der Waals surface area contributed by atoms with Gasteiger partial charge in [0.15, 0.2) is 0 Å². The minimum absolute atomic E-state index is 0.125. The predicted octanol–water partition coefficient (Wildman–Crippen LogP) is 2.93. The molecule has 2 heterocycles. The summed E-state index contributed by atoms with van der Waals surface area (Å²) < 4.78 is 1.12. The Kier molecular flexibility index (Phi) is 3.48. The highest BCUT2D eigenvalue weighted by Crippen LogP contribution is 2.31. The summed E-state index contributed by atoms with van der Waals surface area (Å²) in [5.41, 5.74) is 1.61. The van der Waals surface area contributed by atoms with Crippen molar-refractivity contribution in [1.29, 1.82) is 0 Å². The van der Waals surface area contributed by atoms with Gasteiger partial charge in [-0.2, -0.15) is 0 Å². The van der Waals surface area contributed by atoms with E-state index >= 15 is 0 Å². The van der Waals surface area contributed by atoms with Gasteiger partial charge in [-0.15, -0.1) is 11.3 Å². The Morgan fingerprint density at radius 1 is 1.40 bits per heavy atom. The van der Waals surface area contributed by atoms with E-state index in [2.05, 4.69) is 22.5 Å². The lowest BCUT2D eigenvalue weighted by atomic mass is 9.80. The number of benzene rings is 1. The third-order valence-corrected chi connectivity index (χ3v) is 4.94. The number of piperidine rings is 1. The maximum absolute atomic E-state index is 12.5. The third kappa shape index (κ3) is 2.55. The summed E-state index contributed by atoms with van der Waals surface area (Å²) in [4.78, 5) is 16.9. The molecule has 3 rings (SSSR count). The first kappa shape index (κ1) is 13.5. The van der Waals surface area contributed by atoms with Crippen molar-refractivity contribution < 1.29 is 4.79 Å². The quantitative estimate of drug-likeness (QED) is 0.893. The topological polar surface area (TPSA) is 54.0 Å². The van der Waals surface area contributed by atoms with Crippen molar-refractivity contribution in [2.24, 2.45) is 5.41 Å². The van der Waals surface area contributed by atoms with Crippen LogP contribution in [-0.2, 0) is 4.79 Å². The maximum Gasteiger partial charge on any atom is 0.230 e. The van der Waals surface area contributed by atoms with Gasteiger partial charge >= 0.3 is 0 Å². The Balaban J connectivity index is 1.79. The number of rotatable bonds is 2. The molecule has 0 saturated carbocycles. The number of anilines is 1. The number of thiazole rings is 1. The highest BCUT2D eigenvalue weighted by molar-refractivity contribution is 7.18. The Morgan fingerprint density at radius 3 is 2.90 bits per heavy atom. The maximum atomic E-state index is 12.5. The molecule has 0 spiro atoms. The van der Waals surface area contributed by atoms with Crippen LogP contribution >= 0.6 is 11.3 Å². The molecule has 0 atom stereocenters. The van der Waals surface area contributed by atoms with E-state index in [9.17, 15) is 4.79 Å². The molecular weight excluding hydrogens is 270 g/mol. The van der Waals surface area contributed by atoms with E-state index in [-0.39, 0.29) is 11.3 Å². The lowest BCUT2D eigenvalue weighted by molar-refractivity contribution is -0.126. The van der Waals surface area contributed by atoms with Gasteiger partial charge < -0.3 is 10.6 Å². The number of hydrogen-bond donors (Lipinski definition) is 2. The molecule has 2 aromatic rings. The highest BCUT2D eigenvalue weighted by atomic mass is 32.1. The molecule has 1 aliphatic rings. The van der Waals surface area contributed by atoms with Crippen molar-refractivity contribution in [3.63, 3.8) is 0 Å². The van der Waals surface area contributed by atoms with Crippen molar-refractivity contribution >= 4 is 33.1 Å². The first-order chi connectivity index (χ1) is 9.57. The van der Waals surface area contributed by atoms with Crippen molar-refractivity contribution in [3.05, 3.63) is 23.2 Å². The van der Waals surface area contributed by atoms with Crippen molar-refractivity contribution in [2.45, 2.75) is 26.7 Å². The smallest absolute Gasteiger partial charge is 0.230 e. The molecule has 5 heteroatoms. The molecule has 20 heavy (non-hydrogen) atoms. The fourth-order valence-electron chi connectivity index (χ4n) is 2.61. The third-order valence-electron chi connectivity index (χ3n) is 4.01. The minimum Gasteiger partial charge on any atom is -0.326 e. The van der Waals surface area contributed by atoms with Gasteiger partial charge in [0.05, 0.1) is 15.2 Å². The van der Waals surface area contributed by atoms with E-state index in [1.807, 2.05) is 25.1 Å².